The summed E-state index contributed by atoms with van der Waals surface area (Å²) in [5.74, 6) is -0.0769. The molecule has 0 fully saturated rings. The second kappa shape index (κ2) is 4.24. The third kappa shape index (κ3) is 2.06. The van der Waals surface area contributed by atoms with Crippen LogP contribution in [0, 0.1) is 6.07 Å². The first-order chi connectivity index (χ1) is 5.77. The number of carbonyl (C=O) groups excluding carboxylic acids is 1. The molecule has 12 heavy (non-hydrogen) atoms. The van der Waals surface area contributed by atoms with E-state index in [1.165, 1.54) is 0 Å². The molecule has 0 aliphatic rings. The maximum atomic E-state index is 11.0. The molecule has 3 heteroatoms. The third-order valence-corrected chi connectivity index (χ3v) is 1.78. The van der Waals surface area contributed by atoms with Crippen molar-refractivity contribution in [2.75, 3.05) is 5.88 Å². The summed E-state index contributed by atoms with van der Waals surface area (Å²) in [6.45, 7) is 0.440. The van der Waals surface area contributed by atoms with Crippen LogP contribution in [0.3, 0.4) is 0 Å². The highest BCUT2D eigenvalue weighted by atomic mass is 35.5. The average molecular weight is 183 g/mol. The summed E-state index contributed by atoms with van der Waals surface area (Å²) >= 11 is 5.37. The van der Waals surface area contributed by atoms with Gasteiger partial charge in [-0.25, -0.2) is 0 Å². The first-order valence-corrected chi connectivity index (χ1v) is 4.11. The Balaban J connectivity index is 2.84. The molecule has 1 aromatic carbocycles. The predicted molar refractivity (Wildman–Crippen MR) is 48.2 cm³/mol. The zero-order chi connectivity index (χ0) is 8.97. The van der Waals surface area contributed by atoms with Crippen LogP contribution in [0.4, 0.5) is 0 Å². The van der Waals surface area contributed by atoms with Gasteiger partial charge in [0, 0.05) is 12.1 Å². The monoisotopic (exact) mass is 182 g/mol. The molecule has 0 aromatic heterocycles. The van der Waals surface area contributed by atoms with Crippen LogP contribution in [0.25, 0.3) is 0 Å². The van der Waals surface area contributed by atoms with Crippen molar-refractivity contribution in [2.45, 2.75) is 6.54 Å². The van der Waals surface area contributed by atoms with Crippen LogP contribution >= 0.6 is 11.6 Å². The Bertz CT molecular complexity index is 268. The van der Waals surface area contributed by atoms with Crippen LogP contribution in [0.15, 0.2) is 18.2 Å². The first-order valence-electron chi connectivity index (χ1n) is 3.57. The van der Waals surface area contributed by atoms with Crippen LogP contribution in [-0.2, 0) is 6.54 Å². The van der Waals surface area contributed by atoms with Crippen molar-refractivity contribution in [1.82, 2.24) is 0 Å². The van der Waals surface area contributed by atoms with Gasteiger partial charge in [0.15, 0.2) is 5.78 Å². The first kappa shape index (κ1) is 9.23. The molecule has 0 amide bonds. The number of halogens is 1. The SMILES string of the molecule is NCc1[c]cc(C(=O)CCl)cc1. The molecular formula is C9H9ClNO. The Labute approximate surface area is 76.3 Å². The Morgan fingerprint density at radius 1 is 1.58 bits per heavy atom. The van der Waals surface area contributed by atoms with Gasteiger partial charge in [0.2, 0.25) is 0 Å². The lowest BCUT2D eigenvalue weighted by atomic mass is 10.1. The highest BCUT2D eigenvalue weighted by Gasteiger charge is 2.02. The van der Waals surface area contributed by atoms with Gasteiger partial charge in [0.25, 0.3) is 0 Å². The second-order valence-electron chi connectivity index (χ2n) is 2.36. The summed E-state index contributed by atoms with van der Waals surface area (Å²) in [6.07, 6.45) is 0. The summed E-state index contributed by atoms with van der Waals surface area (Å²) in [6, 6.07) is 8.00. The Kier molecular flexibility index (Phi) is 3.26. The van der Waals surface area contributed by atoms with Gasteiger partial charge >= 0.3 is 0 Å². The van der Waals surface area contributed by atoms with Crippen LogP contribution < -0.4 is 5.73 Å². The van der Waals surface area contributed by atoms with Crippen molar-refractivity contribution in [2.24, 2.45) is 5.73 Å². The molecule has 0 saturated carbocycles. The van der Waals surface area contributed by atoms with E-state index in [9.17, 15) is 4.79 Å². The topological polar surface area (TPSA) is 43.1 Å². The van der Waals surface area contributed by atoms with Crippen molar-refractivity contribution in [1.29, 1.82) is 0 Å². The quantitative estimate of drug-likeness (QED) is 0.567. The van der Waals surface area contributed by atoms with E-state index in [2.05, 4.69) is 6.07 Å². The maximum Gasteiger partial charge on any atom is 0.177 e. The minimum Gasteiger partial charge on any atom is -0.326 e. The zero-order valence-corrected chi connectivity index (χ0v) is 7.27. The third-order valence-electron chi connectivity index (χ3n) is 1.54. The molecule has 1 radical (unpaired) electrons. The number of carbonyl (C=O) groups is 1. The minimum absolute atomic E-state index is 0.00973. The zero-order valence-electron chi connectivity index (χ0n) is 6.51. The molecule has 2 nitrogen and oxygen atoms in total. The highest BCUT2D eigenvalue weighted by Crippen LogP contribution is 2.04. The van der Waals surface area contributed by atoms with Gasteiger partial charge in [-0.15, -0.1) is 11.6 Å². The number of hydrogen-bond acceptors (Lipinski definition) is 2. The molecule has 0 heterocycles. The molecule has 0 spiro atoms. The molecule has 0 aliphatic carbocycles. The lowest BCUT2D eigenvalue weighted by Gasteiger charge is -1.97. The summed E-state index contributed by atoms with van der Waals surface area (Å²) < 4.78 is 0. The number of hydrogen-bond donors (Lipinski definition) is 1. The standard InChI is InChI=1S/C9H9ClNO/c10-5-9(12)8-3-1-7(6-11)2-4-8/h1,3-4H,5-6,11H2. The summed E-state index contributed by atoms with van der Waals surface area (Å²) in [5.41, 5.74) is 6.84. The van der Waals surface area contributed by atoms with Crippen LogP contribution in [0.1, 0.15) is 15.9 Å². The predicted octanol–water partition coefficient (Wildman–Crippen LogP) is 1.37. The van der Waals surface area contributed by atoms with Gasteiger partial charge in [-0.3, -0.25) is 4.79 Å². The smallest absolute Gasteiger partial charge is 0.177 e. The molecule has 1 aromatic rings. The van der Waals surface area contributed by atoms with Crippen LogP contribution in [-0.4, -0.2) is 11.7 Å². The number of benzene rings is 1. The van der Waals surface area contributed by atoms with Gasteiger partial charge in [0.05, 0.1) is 5.88 Å². The second-order valence-corrected chi connectivity index (χ2v) is 2.63. The van der Waals surface area contributed by atoms with E-state index in [1.54, 1.807) is 18.2 Å². The fraction of sp³-hybridized carbons (Fsp3) is 0.222. The van der Waals surface area contributed by atoms with E-state index in [4.69, 9.17) is 17.3 Å². The van der Waals surface area contributed by atoms with Gasteiger partial charge in [-0.05, 0) is 17.7 Å². The van der Waals surface area contributed by atoms with Crippen molar-refractivity contribution in [3.8, 4) is 0 Å². The summed E-state index contributed by atoms with van der Waals surface area (Å²) in [5, 5.41) is 0. The summed E-state index contributed by atoms with van der Waals surface area (Å²) in [4.78, 5) is 11.0. The maximum absolute atomic E-state index is 11.0. The Hall–Kier alpha value is -0.860. The molecule has 63 valence electrons. The number of rotatable bonds is 3. The van der Waals surface area contributed by atoms with Crippen molar-refractivity contribution in [3.63, 3.8) is 0 Å². The van der Waals surface area contributed by atoms with Crippen molar-refractivity contribution < 1.29 is 4.79 Å². The highest BCUT2D eigenvalue weighted by molar-refractivity contribution is 6.30. The van der Waals surface area contributed by atoms with E-state index < -0.39 is 0 Å². The molecule has 1 rings (SSSR count). The lowest BCUT2D eigenvalue weighted by molar-refractivity contribution is 0.102. The molecule has 0 aliphatic heterocycles. The number of alkyl halides is 1. The van der Waals surface area contributed by atoms with Crippen molar-refractivity contribution in [3.05, 3.63) is 35.4 Å². The van der Waals surface area contributed by atoms with Crippen LogP contribution in [0.2, 0.25) is 0 Å². The number of nitrogens with two attached hydrogens (primary N) is 1. The molecule has 0 atom stereocenters. The van der Waals surface area contributed by atoms with E-state index in [0.29, 0.717) is 12.1 Å². The van der Waals surface area contributed by atoms with Gasteiger partial charge in [-0.2, -0.15) is 0 Å². The van der Waals surface area contributed by atoms with Gasteiger partial charge < -0.3 is 5.73 Å². The fourth-order valence-electron chi connectivity index (χ4n) is 0.835. The van der Waals surface area contributed by atoms with E-state index in [-0.39, 0.29) is 11.7 Å². The van der Waals surface area contributed by atoms with E-state index >= 15 is 0 Å². The van der Waals surface area contributed by atoms with Gasteiger partial charge in [-0.1, -0.05) is 12.1 Å². The fourth-order valence-corrected chi connectivity index (χ4v) is 0.989. The molecule has 0 saturated heterocycles. The molecule has 0 bridgehead atoms. The largest absolute Gasteiger partial charge is 0.326 e. The normalized spacial score (nSPS) is 9.83. The molecular weight excluding hydrogens is 174 g/mol. The lowest BCUT2D eigenvalue weighted by Crippen LogP contribution is -2.01. The number of ketones is 1. The van der Waals surface area contributed by atoms with E-state index in [1.807, 2.05) is 0 Å². The summed E-state index contributed by atoms with van der Waals surface area (Å²) in [7, 11) is 0. The van der Waals surface area contributed by atoms with Gasteiger partial charge in [0.1, 0.15) is 0 Å². The number of Topliss-reactive ketones (excluding diaryl/α,β-unsaturated/α-hetero) is 1. The Morgan fingerprint density at radius 3 is 2.75 bits per heavy atom. The Morgan fingerprint density at radius 2 is 2.33 bits per heavy atom. The molecule has 2 N–H and O–H groups in total. The van der Waals surface area contributed by atoms with Crippen LogP contribution in [0.5, 0.6) is 0 Å². The average Bonchev–Trinajstić information content (AvgIpc) is 2.17. The van der Waals surface area contributed by atoms with E-state index in [0.717, 1.165) is 5.56 Å². The van der Waals surface area contributed by atoms with Crippen molar-refractivity contribution >= 4 is 17.4 Å². The minimum atomic E-state index is -0.0866. The molecule has 0 unspecified atom stereocenters.